The lowest BCUT2D eigenvalue weighted by Gasteiger charge is -2.43. The van der Waals surface area contributed by atoms with E-state index in [2.05, 4.69) is 11.8 Å². The number of likely N-dealkylation sites (tertiary alicyclic amines) is 1. The molecule has 1 saturated heterocycles. The molecule has 116 valence electrons. The third-order valence-corrected chi connectivity index (χ3v) is 5.29. The van der Waals surface area contributed by atoms with Crippen molar-refractivity contribution in [3.05, 3.63) is 0 Å². The Kier molecular flexibility index (Phi) is 5.44. The zero-order chi connectivity index (χ0) is 14.6. The van der Waals surface area contributed by atoms with E-state index in [1.165, 1.54) is 32.4 Å². The second kappa shape index (κ2) is 6.90. The van der Waals surface area contributed by atoms with Gasteiger partial charge in [0.25, 0.3) is 0 Å². The zero-order valence-electron chi connectivity index (χ0n) is 13.1. The Morgan fingerprint density at radius 2 is 1.95 bits per heavy atom. The molecule has 2 aliphatic rings. The molecule has 2 rings (SSSR count). The fraction of sp³-hybridized carbons (Fsp3) is 0.938. The number of aliphatic hydroxyl groups excluding tert-OH is 1. The molecule has 0 aromatic rings. The lowest BCUT2D eigenvalue weighted by Crippen LogP contribution is -2.45. The van der Waals surface area contributed by atoms with Gasteiger partial charge in [0, 0.05) is 31.5 Å². The van der Waals surface area contributed by atoms with Crippen LogP contribution in [0.15, 0.2) is 0 Å². The maximum Gasteiger partial charge on any atom is 0.222 e. The molecule has 1 unspecified atom stereocenters. The molecule has 1 aliphatic heterocycles. The van der Waals surface area contributed by atoms with Gasteiger partial charge < -0.3 is 14.9 Å². The summed E-state index contributed by atoms with van der Waals surface area (Å²) >= 11 is 0. The van der Waals surface area contributed by atoms with Crippen molar-refractivity contribution in [3.8, 4) is 0 Å². The van der Waals surface area contributed by atoms with Gasteiger partial charge in [-0.1, -0.05) is 6.42 Å². The Morgan fingerprint density at radius 3 is 2.45 bits per heavy atom. The number of carbonyl (C=O) groups excluding carboxylic acids is 1. The first-order chi connectivity index (χ1) is 9.56. The minimum absolute atomic E-state index is 0.00494. The van der Waals surface area contributed by atoms with Gasteiger partial charge in [-0.25, -0.2) is 0 Å². The third-order valence-electron chi connectivity index (χ3n) is 5.29. The molecule has 0 aromatic heterocycles. The van der Waals surface area contributed by atoms with Gasteiger partial charge in [0.15, 0.2) is 0 Å². The van der Waals surface area contributed by atoms with Crippen molar-refractivity contribution in [3.63, 3.8) is 0 Å². The molecule has 1 saturated carbocycles. The maximum atomic E-state index is 12.2. The summed E-state index contributed by atoms with van der Waals surface area (Å²) in [5.41, 5.74) is 0.00494. The molecule has 0 bridgehead atoms. The average molecular weight is 282 g/mol. The average Bonchev–Trinajstić information content (AvgIpc) is 2.93. The van der Waals surface area contributed by atoms with E-state index in [1.807, 2.05) is 11.9 Å². The van der Waals surface area contributed by atoms with Gasteiger partial charge in [0.1, 0.15) is 0 Å². The van der Waals surface area contributed by atoms with Crippen LogP contribution in [0.5, 0.6) is 0 Å². The SMILES string of the molecule is CC(CCC(=O)N(C)CC1(CO)CCC1)N1CCCC1. The van der Waals surface area contributed by atoms with Crippen LogP contribution in [0, 0.1) is 5.41 Å². The first-order valence-electron chi connectivity index (χ1n) is 8.15. The van der Waals surface area contributed by atoms with Crippen molar-refractivity contribution in [1.29, 1.82) is 0 Å². The molecule has 4 heteroatoms. The Balaban J connectivity index is 1.70. The Morgan fingerprint density at radius 1 is 1.30 bits per heavy atom. The summed E-state index contributed by atoms with van der Waals surface area (Å²) in [6, 6.07) is 0.519. The predicted molar refractivity (Wildman–Crippen MR) is 80.5 cm³/mol. The van der Waals surface area contributed by atoms with Crippen LogP contribution >= 0.6 is 0 Å². The molecular formula is C16H30N2O2. The first kappa shape index (κ1) is 15.8. The van der Waals surface area contributed by atoms with Crippen molar-refractivity contribution >= 4 is 5.91 Å². The van der Waals surface area contributed by atoms with Gasteiger partial charge in [-0.2, -0.15) is 0 Å². The highest BCUT2D eigenvalue weighted by atomic mass is 16.3. The largest absolute Gasteiger partial charge is 0.396 e. The number of carbonyl (C=O) groups is 1. The van der Waals surface area contributed by atoms with E-state index in [1.54, 1.807) is 0 Å². The summed E-state index contributed by atoms with van der Waals surface area (Å²) in [5.74, 6) is 0.232. The normalized spacial score (nSPS) is 23.4. The topological polar surface area (TPSA) is 43.8 Å². The van der Waals surface area contributed by atoms with Crippen molar-refractivity contribution in [2.24, 2.45) is 5.41 Å². The van der Waals surface area contributed by atoms with Gasteiger partial charge in [-0.15, -0.1) is 0 Å². The van der Waals surface area contributed by atoms with Crippen molar-refractivity contribution in [2.45, 2.75) is 57.9 Å². The fourth-order valence-corrected chi connectivity index (χ4v) is 3.52. The molecule has 4 nitrogen and oxygen atoms in total. The molecule has 2 fully saturated rings. The molecule has 1 amide bonds. The van der Waals surface area contributed by atoms with Crippen LogP contribution in [0.1, 0.15) is 51.9 Å². The van der Waals surface area contributed by atoms with Gasteiger partial charge in [-0.05, 0) is 52.1 Å². The highest BCUT2D eigenvalue weighted by Crippen LogP contribution is 2.40. The van der Waals surface area contributed by atoms with Crippen LogP contribution in [0.25, 0.3) is 0 Å². The van der Waals surface area contributed by atoms with Gasteiger partial charge in [0.05, 0.1) is 6.61 Å². The van der Waals surface area contributed by atoms with Crippen molar-refractivity contribution < 1.29 is 9.90 Å². The highest BCUT2D eigenvalue weighted by molar-refractivity contribution is 5.75. The summed E-state index contributed by atoms with van der Waals surface area (Å²) in [4.78, 5) is 16.6. The molecular weight excluding hydrogens is 252 g/mol. The van der Waals surface area contributed by atoms with Crippen LogP contribution in [-0.4, -0.2) is 60.1 Å². The lowest BCUT2D eigenvalue weighted by molar-refractivity contribution is -0.133. The van der Waals surface area contributed by atoms with E-state index in [-0.39, 0.29) is 17.9 Å². The predicted octanol–water partition coefficient (Wildman–Crippen LogP) is 1.87. The van der Waals surface area contributed by atoms with E-state index in [4.69, 9.17) is 0 Å². The first-order valence-corrected chi connectivity index (χ1v) is 8.15. The van der Waals surface area contributed by atoms with Crippen LogP contribution in [0.3, 0.4) is 0 Å². The summed E-state index contributed by atoms with van der Waals surface area (Å²) in [5, 5.41) is 9.48. The summed E-state index contributed by atoms with van der Waals surface area (Å²) in [6.07, 6.45) is 7.50. The van der Waals surface area contributed by atoms with E-state index >= 15 is 0 Å². The Hall–Kier alpha value is -0.610. The molecule has 0 aromatic carbocycles. The summed E-state index contributed by atoms with van der Waals surface area (Å²) in [6.45, 7) is 5.56. The second-order valence-electron chi connectivity index (χ2n) is 6.89. The standard InChI is InChI=1S/C16H30N2O2/c1-14(18-10-3-4-11-18)6-7-15(20)17(2)12-16(13-19)8-5-9-16/h14,19H,3-13H2,1-2H3. The molecule has 1 aliphatic carbocycles. The van der Waals surface area contributed by atoms with Crippen LogP contribution < -0.4 is 0 Å². The smallest absolute Gasteiger partial charge is 0.222 e. The monoisotopic (exact) mass is 282 g/mol. The Labute approximate surface area is 123 Å². The highest BCUT2D eigenvalue weighted by Gasteiger charge is 2.38. The zero-order valence-corrected chi connectivity index (χ0v) is 13.1. The number of nitrogens with zero attached hydrogens (tertiary/aromatic N) is 2. The molecule has 1 atom stereocenters. The van der Waals surface area contributed by atoms with E-state index < -0.39 is 0 Å². The molecule has 1 N–H and O–H groups in total. The number of hydrogen-bond acceptors (Lipinski definition) is 3. The number of hydrogen-bond donors (Lipinski definition) is 1. The minimum Gasteiger partial charge on any atom is -0.396 e. The van der Waals surface area contributed by atoms with E-state index in [0.29, 0.717) is 12.5 Å². The summed E-state index contributed by atoms with van der Waals surface area (Å²) in [7, 11) is 1.89. The number of rotatable bonds is 7. The van der Waals surface area contributed by atoms with Crippen LogP contribution in [-0.2, 0) is 4.79 Å². The van der Waals surface area contributed by atoms with E-state index in [0.717, 1.165) is 25.8 Å². The van der Waals surface area contributed by atoms with Crippen molar-refractivity contribution in [2.75, 3.05) is 33.3 Å². The lowest BCUT2D eigenvalue weighted by atomic mass is 9.69. The van der Waals surface area contributed by atoms with E-state index in [9.17, 15) is 9.90 Å². The van der Waals surface area contributed by atoms with Crippen molar-refractivity contribution in [1.82, 2.24) is 9.80 Å². The summed E-state index contributed by atoms with van der Waals surface area (Å²) < 4.78 is 0. The van der Waals surface area contributed by atoms with Gasteiger partial charge >= 0.3 is 0 Å². The fourth-order valence-electron chi connectivity index (χ4n) is 3.52. The molecule has 1 heterocycles. The maximum absolute atomic E-state index is 12.2. The number of aliphatic hydroxyl groups is 1. The molecule has 0 radical (unpaired) electrons. The van der Waals surface area contributed by atoms with Gasteiger partial charge in [0.2, 0.25) is 5.91 Å². The van der Waals surface area contributed by atoms with Crippen LogP contribution in [0.4, 0.5) is 0 Å². The third kappa shape index (κ3) is 3.73. The Bertz CT molecular complexity index is 317. The minimum atomic E-state index is 0.00494. The number of amides is 1. The van der Waals surface area contributed by atoms with Gasteiger partial charge in [-0.3, -0.25) is 4.79 Å². The quantitative estimate of drug-likeness (QED) is 0.775. The second-order valence-corrected chi connectivity index (χ2v) is 6.89. The van der Waals surface area contributed by atoms with Crippen LogP contribution in [0.2, 0.25) is 0 Å². The molecule has 0 spiro atoms. The molecule has 20 heavy (non-hydrogen) atoms.